The van der Waals surface area contributed by atoms with Gasteiger partial charge in [-0.1, -0.05) is 0 Å². The molecule has 0 aliphatic rings. The van der Waals surface area contributed by atoms with Crippen LogP contribution < -0.4 is 5.32 Å². The van der Waals surface area contributed by atoms with Crippen LogP contribution in [0.25, 0.3) is 0 Å². The molecule has 12 heavy (non-hydrogen) atoms. The predicted molar refractivity (Wildman–Crippen MR) is 49.2 cm³/mol. The zero-order valence-electron chi connectivity index (χ0n) is 7.03. The molecule has 0 aliphatic carbocycles. The molecule has 1 amide bonds. The molecule has 72 valence electrons. The summed E-state index contributed by atoms with van der Waals surface area (Å²) in [5.41, 5.74) is 0. The lowest BCUT2D eigenvalue weighted by Crippen LogP contribution is -2.44. The Balaban J connectivity index is 3.77. The standard InChI is InChI=1S/C7H15NO3S/c1-5(10)6(4-9)8-7(11)2-3-12/h5-6,9-10,12H,2-4H2,1H3,(H,8,11). The van der Waals surface area contributed by atoms with E-state index in [1.165, 1.54) is 6.92 Å². The molecule has 4 nitrogen and oxygen atoms in total. The smallest absolute Gasteiger partial charge is 0.221 e. The zero-order valence-corrected chi connectivity index (χ0v) is 7.92. The van der Waals surface area contributed by atoms with Gasteiger partial charge >= 0.3 is 0 Å². The van der Waals surface area contributed by atoms with E-state index in [0.29, 0.717) is 12.2 Å². The zero-order chi connectivity index (χ0) is 9.56. The Morgan fingerprint density at radius 2 is 2.25 bits per heavy atom. The van der Waals surface area contributed by atoms with E-state index in [0.717, 1.165) is 0 Å². The van der Waals surface area contributed by atoms with Gasteiger partial charge in [0.05, 0.1) is 18.8 Å². The van der Waals surface area contributed by atoms with E-state index in [2.05, 4.69) is 17.9 Å². The third-order valence-corrected chi connectivity index (χ3v) is 1.69. The SMILES string of the molecule is CC(O)C(CO)NC(=O)CCS. The van der Waals surface area contributed by atoms with Crippen molar-refractivity contribution in [1.29, 1.82) is 0 Å². The van der Waals surface area contributed by atoms with Crippen LogP contribution in [-0.2, 0) is 4.79 Å². The largest absolute Gasteiger partial charge is 0.394 e. The van der Waals surface area contributed by atoms with Crippen molar-refractivity contribution in [3.8, 4) is 0 Å². The predicted octanol–water partition coefficient (Wildman–Crippen LogP) is -0.836. The minimum atomic E-state index is -0.737. The number of nitrogens with one attached hydrogen (secondary N) is 1. The molecule has 0 spiro atoms. The Labute approximate surface area is 77.4 Å². The molecule has 0 aromatic heterocycles. The first-order valence-corrected chi connectivity index (χ1v) is 4.44. The van der Waals surface area contributed by atoms with Gasteiger partial charge in [-0.2, -0.15) is 12.6 Å². The molecule has 3 N–H and O–H groups in total. The van der Waals surface area contributed by atoms with Gasteiger partial charge in [0.25, 0.3) is 0 Å². The molecule has 0 saturated carbocycles. The average Bonchev–Trinajstić information content (AvgIpc) is 2.00. The van der Waals surface area contributed by atoms with Crippen molar-refractivity contribution in [2.24, 2.45) is 0 Å². The molecule has 0 radical (unpaired) electrons. The first-order valence-electron chi connectivity index (χ1n) is 3.81. The van der Waals surface area contributed by atoms with Crippen LogP contribution in [0.5, 0.6) is 0 Å². The van der Waals surface area contributed by atoms with Crippen LogP contribution in [0.2, 0.25) is 0 Å². The minimum absolute atomic E-state index is 0.204. The van der Waals surface area contributed by atoms with Gasteiger partial charge in [-0.3, -0.25) is 4.79 Å². The average molecular weight is 193 g/mol. The molecule has 0 rings (SSSR count). The highest BCUT2D eigenvalue weighted by molar-refractivity contribution is 7.80. The topological polar surface area (TPSA) is 69.6 Å². The number of aliphatic hydroxyl groups is 2. The Hall–Kier alpha value is -0.260. The number of thiol groups is 1. The van der Waals surface area contributed by atoms with Crippen molar-refractivity contribution in [2.45, 2.75) is 25.5 Å². The quantitative estimate of drug-likeness (QED) is 0.431. The highest BCUT2D eigenvalue weighted by Gasteiger charge is 2.15. The summed E-state index contributed by atoms with van der Waals surface area (Å²) in [7, 11) is 0. The molecule has 5 heteroatoms. The van der Waals surface area contributed by atoms with Gasteiger partial charge in [0, 0.05) is 6.42 Å². The van der Waals surface area contributed by atoms with Crippen molar-refractivity contribution in [3.05, 3.63) is 0 Å². The molecule has 0 aliphatic heterocycles. The summed E-state index contributed by atoms with van der Waals surface area (Å²) < 4.78 is 0. The first-order chi connectivity index (χ1) is 5.61. The maximum atomic E-state index is 10.9. The van der Waals surface area contributed by atoms with Crippen molar-refractivity contribution >= 4 is 18.5 Å². The highest BCUT2D eigenvalue weighted by atomic mass is 32.1. The minimum Gasteiger partial charge on any atom is -0.394 e. The molecule has 2 atom stereocenters. The van der Waals surface area contributed by atoms with Crippen molar-refractivity contribution in [2.75, 3.05) is 12.4 Å². The molecule has 0 aromatic carbocycles. The number of carbonyl (C=O) groups excluding carboxylic acids is 1. The van der Waals surface area contributed by atoms with Crippen LogP contribution in [-0.4, -0.2) is 40.6 Å². The first kappa shape index (κ1) is 11.7. The van der Waals surface area contributed by atoms with Crippen LogP contribution in [0.4, 0.5) is 0 Å². The fourth-order valence-electron chi connectivity index (χ4n) is 0.699. The second kappa shape index (κ2) is 6.28. The molecule has 0 fully saturated rings. The van der Waals surface area contributed by atoms with Gasteiger partial charge in [0.1, 0.15) is 0 Å². The van der Waals surface area contributed by atoms with E-state index >= 15 is 0 Å². The van der Waals surface area contributed by atoms with Crippen LogP contribution in [0.1, 0.15) is 13.3 Å². The monoisotopic (exact) mass is 193 g/mol. The molecular weight excluding hydrogens is 178 g/mol. The summed E-state index contributed by atoms with van der Waals surface area (Å²) in [5.74, 6) is 0.258. The normalized spacial score (nSPS) is 15.3. The van der Waals surface area contributed by atoms with Gasteiger partial charge in [0.15, 0.2) is 0 Å². The number of hydrogen-bond donors (Lipinski definition) is 4. The summed E-state index contributed by atoms with van der Waals surface area (Å²) >= 11 is 3.88. The second-order valence-electron chi connectivity index (χ2n) is 2.57. The van der Waals surface area contributed by atoms with E-state index in [1.54, 1.807) is 0 Å². The lowest BCUT2D eigenvalue weighted by atomic mass is 10.2. The molecule has 0 bridgehead atoms. The van der Waals surface area contributed by atoms with Crippen LogP contribution in [0, 0.1) is 0 Å². The number of hydrogen-bond acceptors (Lipinski definition) is 4. The van der Waals surface area contributed by atoms with Gasteiger partial charge in [-0.15, -0.1) is 0 Å². The molecule has 0 heterocycles. The lowest BCUT2D eigenvalue weighted by Gasteiger charge is -2.18. The molecular formula is C7H15NO3S. The fraction of sp³-hybridized carbons (Fsp3) is 0.857. The number of rotatable bonds is 5. The van der Waals surface area contributed by atoms with Crippen molar-refractivity contribution in [1.82, 2.24) is 5.32 Å². The second-order valence-corrected chi connectivity index (χ2v) is 3.02. The van der Waals surface area contributed by atoms with E-state index < -0.39 is 12.1 Å². The van der Waals surface area contributed by atoms with Crippen LogP contribution in [0.15, 0.2) is 0 Å². The molecule has 0 saturated heterocycles. The lowest BCUT2D eigenvalue weighted by molar-refractivity contribution is -0.122. The molecule has 2 unspecified atom stereocenters. The Morgan fingerprint density at radius 1 is 1.67 bits per heavy atom. The van der Waals surface area contributed by atoms with Crippen molar-refractivity contribution in [3.63, 3.8) is 0 Å². The summed E-state index contributed by atoms with van der Waals surface area (Å²) in [6, 6.07) is -0.572. The van der Waals surface area contributed by atoms with E-state index in [9.17, 15) is 4.79 Å². The number of amides is 1. The van der Waals surface area contributed by atoms with Crippen LogP contribution in [0.3, 0.4) is 0 Å². The summed E-state index contributed by atoms with van der Waals surface area (Å²) in [6.07, 6.45) is -0.439. The number of carbonyl (C=O) groups is 1. The highest BCUT2D eigenvalue weighted by Crippen LogP contribution is 1.93. The maximum Gasteiger partial charge on any atom is 0.221 e. The number of aliphatic hydroxyl groups excluding tert-OH is 2. The summed E-state index contributed by atoms with van der Waals surface area (Å²) in [6.45, 7) is 1.26. The molecule has 0 aromatic rings. The Kier molecular flexibility index (Phi) is 6.14. The van der Waals surface area contributed by atoms with Gasteiger partial charge in [0.2, 0.25) is 5.91 Å². The van der Waals surface area contributed by atoms with Crippen LogP contribution >= 0.6 is 12.6 Å². The third kappa shape index (κ3) is 4.58. The fourth-order valence-corrected chi connectivity index (χ4v) is 0.902. The third-order valence-electron chi connectivity index (χ3n) is 1.46. The van der Waals surface area contributed by atoms with Gasteiger partial charge in [-0.05, 0) is 12.7 Å². The van der Waals surface area contributed by atoms with E-state index in [4.69, 9.17) is 10.2 Å². The Bertz CT molecular complexity index is 141. The van der Waals surface area contributed by atoms with E-state index in [1.807, 2.05) is 0 Å². The summed E-state index contributed by atoms with van der Waals surface area (Å²) in [4.78, 5) is 10.9. The van der Waals surface area contributed by atoms with Gasteiger partial charge < -0.3 is 15.5 Å². The Morgan fingerprint density at radius 3 is 2.58 bits per heavy atom. The van der Waals surface area contributed by atoms with Gasteiger partial charge in [-0.25, -0.2) is 0 Å². The maximum absolute atomic E-state index is 10.9. The van der Waals surface area contributed by atoms with E-state index in [-0.39, 0.29) is 12.5 Å². The summed E-state index contributed by atoms with van der Waals surface area (Å²) in [5, 5.41) is 20.2. The van der Waals surface area contributed by atoms with Crippen molar-refractivity contribution < 1.29 is 15.0 Å².